The lowest BCUT2D eigenvalue weighted by Crippen LogP contribution is -2.31. The van der Waals surface area contributed by atoms with Gasteiger partial charge in [0.1, 0.15) is 0 Å². The number of amides is 1. The highest BCUT2D eigenvalue weighted by Gasteiger charge is 2.09. The molecular weight excluding hydrogens is 245 g/mol. The molecule has 0 aliphatic heterocycles. The molecule has 1 N–H and O–H groups in total. The highest BCUT2D eigenvalue weighted by Crippen LogP contribution is 2.10. The molecule has 0 aliphatic carbocycles. The Morgan fingerprint density at radius 3 is 2.88 bits per heavy atom. The lowest BCUT2D eigenvalue weighted by atomic mass is 10.1. The highest BCUT2D eigenvalue weighted by molar-refractivity contribution is 6.30. The summed E-state index contributed by atoms with van der Waals surface area (Å²) in [7, 11) is 0. The lowest BCUT2D eigenvalue weighted by molar-refractivity contribution is -0.123. The normalized spacial score (nSPS) is 12.2. The fourth-order valence-electron chi connectivity index (χ4n) is 1.27. The van der Waals surface area contributed by atoms with Gasteiger partial charge in [0.05, 0.1) is 0 Å². The first-order valence-electron chi connectivity index (χ1n) is 5.21. The van der Waals surface area contributed by atoms with Crippen LogP contribution in [-0.4, -0.2) is 18.3 Å². The number of rotatable bonds is 5. The van der Waals surface area contributed by atoms with Crippen LogP contribution in [-0.2, 0) is 11.2 Å². The highest BCUT2D eigenvalue weighted by atomic mass is 35.5. The summed E-state index contributed by atoms with van der Waals surface area (Å²) in [4.78, 5) is 11.4. The summed E-state index contributed by atoms with van der Waals surface area (Å²) < 4.78 is 0. The number of nitrogens with one attached hydrogen (secondary N) is 1. The van der Waals surface area contributed by atoms with E-state index in [4.69, 9.17) is 23.2 Å². The van der Waals surface area contributed by atoms with E-state index < -0.39 is 0 Å². The van der Waals surface area contributed by atoms with E-state index in [0.717, 1.165) is 17.0 Å². The van der Waals surface area contributed by atoms with Gasteiger partial charge in [-0.1, -0.05) is 30.7 Å². The van der Waals surface area contributed by atoms with Gasteiger partial charge in [0.2, 0.25) is 5.91 Å². The van der Waals surface area contributed by atoms with Crippen molar-refractivity contribution in [1.82, 2.24) is 5.32 Å². The van der Waals surface area contributed by atoms with Gasteiger partial charge < -0.3 is 5.32 Å². The van der Waals surface area contributed by atoms with E-state index in [1.54, 1.807) is 0 Å². The maximum absolute atomic E-state index is 11.4. The molecule has 1 amide bonds. The van der Waals surface area contributed by atoms with Gasteiger partial charge in [0, 0.05) is 23.4 Å². The van der Waals surface area contributed by atoms with Crippen LogP contribution in [0.5, 0.6) is 0 Å². The van der Waals surface area contributed by atoms with Crippen molar-refractivity contribution in [2.45, 2.75) is 13.3 Å². The topological polar surface area (TPSA) is 29.1 Å². The number of hydrogen-bond donors (Lipinski definition) is 1. The molecule has 1 rings (SSSR count). The quantitative estimate of drug-likeness (QED) is 0.810. The second-order valence-electron chi connectivity index (χ2n) is 3.73. The monoisotopic (exact) mass is 259 g/mol. The molecule has 1 aromatic rings. The van der Waals surface area contributed by atoms with Gasteiger partial charge in [-0.25, -0.2) is 0 Å². The van der Waals surface area contributed by atoms with Crippen molar-refractivity contribution in [2.24, 2.45) is 5.92 Å². The minimum absolute atomic E-state index is 0.00275. The molecule has 0 bridgehead atoms. The van der Waals surface area contributed by atoms with Crippen LogP contribution in [0.2, 0.25) is 5.02 Å². The number of benzene rings is 1. The smallest absolute Gasteiger partial charge is 0.224 e. The summed E-state index contributed by atoms with van der Waals surface area (Å²) in [5, 5.41) is 3.56. The van der Waals surface area contributed by atoms with E-state index in [2.05, 4.69) is 5.32 Å². The second-order valence-corrected chi connectivity index (χ2v) is 4.47. The number of alkyl halides is 1. The van der Waals surface area contributed by atoms with E-state index in [1.807, 2.05) is 31.2 Å². The molecule has 0 fully saturated rings. The maximum Gasteiger partial charge on any atom is 0.224 e. The van der Waals surface area contributed by atoms with E-state index in [0.29, 0.717) is 12.4 Å². The molecule has 2 nitrogen and oxygen atoms in total. The fourth-order valence-corrected chi connectivity index (χ4v) is 1.62. The average Bonchev–Trinajstić information content (AvgIpc) is 2.28. The molecule has 88 valence electrons. The summed E-state index contributed by atoms with van der Waals surface area (Å²) >= 11 is 11.4. The average molecular weight is 260 g/mol. The van der Waals surface area contributed by atoms with E-state index in [-0.39, 0.29) is 11.8 Å². The zero-order valence-electron chi connectivity index (χ0n) is 9.17. The predicted molar refractivity (Wildman–Crippen MR) is 68.0 cm³/mol. The molecule has 0 spiro atoms. The molecule has 0 aromatic heterocycles. The van der Waals surface area contributed by atoms with Crippen molar-refractivity contribution >= 4 is 29.1 Å². The SMILES string of the molecule is CC(CCl)C(=O)NCCc1cccc(Cl)c1. The van der Waals surface area contributed by atoms with Gasteiger partial charge in [-0.05, 0) is 24.1 Å². The van der Waals surface area contributed by atoms with Crippen molar-refractivity contribution in [3.8, 4) is 0 Å². The number of carbonyl (C=O) groups is 1. The van der Waals surface area contributed by atoms with Gasteiger partial charge in [-0.2, -0.15) is 0 Å². The third-order valence-corrected chi connectivity index (χ3v) is 2.98. The summed E-state index contributed by atoms with van der Waals surface area (Å²) in [6, 6.07) is 7.63. The molecule has 0 saturated heterocycles. The second kappa shape index (κ2) is 6.77. The van der Waals surface area contributed by atoms with Crippen molar-refractivity contribution in [1.29, 1.82) is 0 Å². The standard InChI is InChI=1S/C12H15Cl2NO/c1-9(8-13)12(16)15-6-5-10-3-2-4-11(14)7-10/h2-4,7,9H,5-6,8H2,1H3,(H,15,16). The van der Waals surface area contributed by atoms with Crippen LogP contribution in [0.3, 0.4) is 0 Å². The van der Waals surface area contributed by atoms with Gasteiger partial charge in [0.15, 0.2) is 0 Å². The summed E-state index contributed by atoms with van der Waals surface area (Å²) in [6.07, 6.45) is 0.779. The lowest BCUT2D eigenvalue weighted by Gasteiger charge is -2.09. The Bertz CT molecular complexity index is 355. The third kappa shape index (κ3) is 4.42. The molecule has 0 aliphatic rings. The summed E-state index contributed by atoms with van der Waals surface area (Å²) in [5.74, 6) is 0.210. The van der Waals surface area contributed by atoms with Gasteiger partial charge >= 0.3 is 0 Å². The molecule has 16 heavy (non-hydrogen) atoms. The van der Waals surface area contributed by atoms with Crippen LogP contribution in [0, 0.1) is 5.92 Å². The van der Waals surface area contributed by atoms with Crippen molar-refractivity contribution < 1.29 is 4.79 Å². The van der Waals surface area contributed by atoms with Crippen LogP contribution in [0.15, 0.2) is 24.3 Å². The Balaban J connectivity index is 2.33. The Labute approximate surface area is 106 Å². The fraction of sp³-hybridized carbons (Fsp3) is 0.417. The Kier molecular flexibility index (Phi) is 5.64. The minimum atomic E-state index is -0.138. The van der Waals surface area contributed by atoms with Crippen LogP contribution < -0.4 is 5.32 Å². The van der Waals surface area contributed by atoms with E-state index in [9.17, 15) is 4.79 Å². The molecule has 0 radical (unpaired) electrons. The van der Waals surface area contributed by atoms with Gasteiger partial charge in [0.25, 0.3) is 0 Å². The summed E-state index contributed by atoms with van der Waals surface area (Å²) in [5.41, 5.74) is 1.12. The first-order valence-corrected chi connectivity index (χ1v) is 6.13. The minimum Gasteiger partial charge on any atom is -0.356 e. The van der Waals surface area contributed by atoms with Gasteiger partial charge in [-0.3, -0.25) is 4.79 Å². The molecule has 0 saturated carbocycles. The zero-order valence-corrected chi connectivity index (χ0v) is 10.7. The molecule has 1 atom stereocenters. The first-order chi connectivity index (χ1) is 7.63. The molecule has 1 aromatic carbocycles. The first kappa shape index (κ1) is 13.3. The molecule has 0 heterocycles. The van der Waals surface area contributed by atoms with Crippen LogP contribution >= 0.6 is 23.2 Å². The maximum atomic E-state index is 11.4. The van der Waals surface area contributed by atoms with E-state index >= 15 is 0 Å². The van der Waals surface area contributed by atoms with Crippen LogP contribution in [0.4, 0.5) is 0 Å². The van der Waals surface area contributed by atoms with E-state index in [1.165, 1.54) is 0 Å². The number of carbonyl (C=O) groups excluding carboxylic acids is 1. The largest absolute Gasteiger partial charge is 0.356 e. The zero-order chi connectivity index (χ0) is 12.0. The van der Waals surface area contributed by atoms with Crippen LogP contribution in [0.1, 0.15) is 12.5 Å². The molecule has 1 unspecified atom stereocenters. The molecular formula is C12H15Cl2NO. The Hall–Kier alpha value is -0.730. The number of halogens is 2. The third-order valence-electron chi connectivity index (χ3n) is 2.28. The Morgan fingerprint density at radius 1 is 1.50 bits per heavy atom. The number of hydrogen-bond acceptors (Lipinski definition) is 1. The molecule has 4 heteroatoms. The van der Waals surface area contributed by atoms with Crippen LogP contribution in [0.25, 0.3) is 0 Å². The predicted octanol–water partition coefficient (Wildman–Crippen LogP) is 2.87. The van der Waals surface area contributed by atoms with Crippen molar-refractivity contribution in [2.75, 3.05) is 12.4 Å². The Morgan fingerprint density at radius 2 is 2.25 bits per heavy atom. The van der Waals surface area contributed by atoms with Gasteiger partial charge in [-0.15, -0.1) is 11.6 Å². The van der Waals surface area contributed by atoms with Crippen molar-refractivity contribution in [3.05, 3.63) is 34.9 Å². The van der Waals surface area contributed by atoms with Crippen molar-refractivity contribution in [3.63, 3.8) is 0 Å². The summed E-state index contributed by atoms with van der Waals surface area (Å²) in [6.45, 7) is 2.42.